The summed E-state index contributed by atoms with van der Waals surface area (Å²) in [6.45, 7) is 3.52. The van der Waals surface area contributed by atoms with Gasteiger partial charge in [0.05, 0.1) is 25.3 Å². The molecule has 3 saturated heterocycles. The lowest BCUT2D eigenvalue weighted by Gasteiger charge is -2.46. The van der Waals surface area contributed by atoms with Crippen LogP contribution in [0, 0.1) is 23.6 Å². The molecule has 1 aromatic rings. The molecule has 1 aromatic carbocycles. The van der Waals surface area contributed by atoms with Crippen molar-refractivity contribution >= 4 is 17.5 Å². The van der Waals surface area contributed by atoms with Crippen molar-refractivity contribution in [3.63, 3.8) is 0 Å². The van der Waals surface area contributed by atoms with Crippen LogP contribution in [0.2, 0.25) is 0 Å². The normalized spacial score (nSPS) is 35.8. The average Bonchev–Trinajstić information content (AvgIpc) is 3.00. The number of amides is 2. The fourth-order valence-corrected chi connectivity index (χ4v) is 5.14. The molecular formula is C20H24FN3O3. The Labute approximate surface area is 157 Å². The minimum absolute atomic E-state index is 0.0348. The van der Waals surface area contributed by atoms with Gasteiger partial charge in [-0.2, -0.15) is 0 Å². The van der Waals surface area contributed by atoms with Crippen LogP contribution in [-0.4, -0.2) is 73.6 Å². The smallest absolute Gasteiger partial charge is 0.241 e. The average molecular weight is 373 g/mol. The molecule has 5 rings (SSSR count). The first-order valence-corrected chi connectivity index (χ1v) is 9.62. The van der Waals surface area contributed by atoms with Crippen molar-refractivity contribution in [2.24, 2.45) is 17.8 Å². The van der Waals surface area contributed by atoms with Crippen LogP contribution in [-0.2, 0) is 14.3 Å². The van der Waals surface area contributed by atoms with E-state index < -0.39 is 0 Å². The monoisotopic (exact) mass is 373 g/mol. The van der Waals surface area contributed by atoms with E-state index in [0.29, 0.717) is 50.4 Å². The SMILES string of the molecule is CN1CC(=O)N(c2cccc(F)c2)CC12CCN(C(=O)C1[C@H]3COC[C@@H]13)C2. The number of carbonyl (C=O) groups is 2. The summed E-state index contributed by atoms with van der Waals surface area (Å²) in [5.41, 5.74) is 0.322. The van der Waals surface area contributed by atoms with E-state index in [9.17, 15) is 14.0 Å². The second-order valence-electron chi connectivity index (χ2n) is 8.44. The third kappa shape index (κ3) is 2.67. The molecule has 2 amide bonds. The number of ether oxygens (including phenoxy) is 1. The fraction of sp³-hybridized carbons (Fsp3) is 0.600. The van der Waals surface area contributed by atoms with Crippen LogP contribution in [0.5, 0.6) is 0 Å². The summed E-state index contributed by atoms with van der Waals surface area (Å²) < 4.78 is 19.1. The Morgan fingerprint density at radius 1 is 1.26 bits per heavy atom. The van der Waals surface area contributed by atoms with Crippen molar-refractivity contribution in [1.29, 1.82) is 0 Å². The van der Waals surface area contributed by atoms with Crippen LogP contribution in [0.25, 0.3) is 0 Å². The summed E-state index contributed by atoms with van der Waals surface area (Å²) in [6.07, 6.45) is 0.826. The highest BCUT2D eigenvalue weighted by Gasteiger charge is 2.60. The number of likely N-dealkylation sites (tertiary alicyclic amines) is 1. The zero-order valence-corrected chi connectivity index (χ0v) is 15.4. The third-order valence-electron chi connectivity index (χ3n) is 6.94. The highest BCUT2D eigenvalue weighted by atomic mass is 19.1. The van der Waals surface area contributed by atoms with Gasteiger partial charge in [0.1, 0.15) is 5.82 Å². The van der Waals surface area contributed by atoms with Crippen LogP contribution in [0.4, 0.5) is 10.1 Å². The van der Waals surface area contributed by atoms with E-state index in [-0.39, 0.29) is 35.6 Å². The molecule has 27 heavy (non-hydrogen) atoms. The van der Waals surface area contributed by atoms with Crippen LogP contribution in [0.3, 0.4) is 0 Å². The number of rotatable bonds is 2. The van der Waals surface area contributed by atoms with E-state index in [1.165, 1.54) is 12.1 Å². The Bertz CT molecular complexity index is 792. The summed E-state index contributed by atoms with van der Waals surface area (Å²) in [5, 5.41) is 0. The van der Waals surface area contributed by atoms with Crippen LogP contribution >= 0.6 is 0 Å². The van der Waals surface area contributed by atoms with Gasteiger partial charge in [0.2, 0.25) is 11.8 Å². The van der Waals surface area contributed by atoms with Crippen molar-refractivity contribution < 1.29 is 18.7 Å². The topological polar surface area (TPSA) is 53.1 Å². The summed E-state index contributed by atoms with van der Waals surface area (Å²) in [5.74, 6) is 0.801. The number of likely N-dealkylation sites (N-methyl/N-ethyl adjacent to an activating group) is 1. The zero-order valence-electron chi connectivity index (χ0n) is 15.4. The number of nitrogens with zero attached hydrogens (tertiary/aromatic N) is 3. The number of halogens is 1. The number of anilines is 1. The van der Waals surface area contributed by atoms with E-state index in [2.05, 4.69) is 4.90 Å². The molecule has 4 atom stereocenters. The number of piperazine rings is 1. The molecule has 1 saturated carbocycles. The van der Waals surface area contributed by atoms with E-state index >= 15 is 0 Å². The standard InChI is InChI=1S/C20H24FN3O3/c1-22-8-17(25)24(14-4-2-3-13(21)7-14)12-20(22)5-6-23(11-20)19(26)18-15-9-27-10-16(15)18/h2-4,7,15-16,18H,5-6,8-12H2,1H3/t15-,16+,18?,20?. The van der Waals surface area contributed by atoms with Crippen molar-refractivity contribution in [3.8, 4) is 0 Å². The van der Waals surface area contributed by atoms with Gasteiger partial charge in [0.25, 0.3) is 0 Å². The Morgan fingerprint density at radius 2 is 2.04 bits per heavy atom. The molecule has 6 nitrogen and oxygen atoms in total. The van der Waals surface area contributed by atoms with E-state index in [4.69, 9.17) is 4.74 Å². The Morgan fingerprint density at radius 3 is 2.78 bits per heavy atom. The lowest BCUT2D eigenvalue weighted by Crippen LogP contribution is -2.64. The predicted molar refractivity (Wildman–Crippen MR) is 96.6 cm³/mol. The molecular weight excluding hydrogens is 349 g/mol. The maximum Gasteiger partial charge on any atom is 0.241 e. The molecule has 0 aromatic heterocycles. The van der Waals surface area contributed by atoms with Crippen LogP contribution in [0.15, 0.2) is 24.3 Å². The van der Waals surface area contributed by atoms with Crippen LogP contribution in [0.1, 0.15) is 6.42 Å². The largest absolute Gasteiger partial charge is 0.381 e. The Balaban J connectivity index is 1.34. The van der Waals surface area contributed by atoms with Gasteiger partial charge >= 0.3 is 0 Å². The highest BCUT2D eigenvalue weighted by Crippen LogP contribution is 2.52. The van der Waals surface area contributed by atoms with E-state index in [0.717, 1.165) is 6.42 Å². The number of hydrogen-bond donors (Lipinski definition) is 0. The van der Waals surface area contributed by atoms with E-state index in [1.807, 2.05) is 11.9 Å². The first-order valence-electron chi connectivity index (χ1n) is 9.62. The molecule has 1 spiro atoms. The second kappa shape index (κ2) is 6.01. The lowest BCUT2D eigenvalue weighted by molar-refractivity contribution is -0.133. The number of benzene rings is 1. The summed E-state index contributed by atoms with van der Waals surface area (Å²) in [6, 6.07) is 6.18. The summed E-state index contributed by atoms with van der Waals surface area (Å²) >= 11 is 0. The number of hydrogen-bond acceptors (Lipinski definition) is 4. The molecule has 7 heteroatoms. The fourth-order valence-electron chi connectivity index (χ4n) is 5.14. The molecule has 3 heterocycles. The van der Waals surface area contributed by atoms with E-state index in [1.54, 1.807) is 17.0 Å². The molecule has 4 fully saturated rings. The van der Waals surface area contributed by atoms with Gasteiger partial charge in [-0.1, -0.05) is 6.07 Å². The third-order valence-corrected chi connectivity index (χ3v) is 6.94. The maximum atomic E-state index is 13.7. The molecule has 1 aliphatic carbocycles. The van der Waals surface area contributed by atoms with Crippen LogP contribution < -0.4 is 4.90 Å². The second-order valence-corrected chi connectivity index (χ2v) is 8.44. The Hall–Kier alpha value is -1.99. The zero-order chi connectivity index (χ0) is 18.8. The number of fused-ring (bicyclic) bond motifs is 1. The number of carbonyl (C=O) groups excluding carboxylic acids is 2. The minimum Gasteiger partial charge on any atom is -0.381 e. The van der Waals surface area contributed by atoms with Gasteiger partial charge in [-0.3, -0.25) is 14.5 Å². The summed E-state index contributed by atoms with van der Waals surface area (Å²) in [7, 11) is 1.95. The minimum atomic E-state index is -0.348. The van der Waals surface area contributed by atoms with Gasteiger partial charge < -0.3 is 14.5 Å². The molecule has 3 aliphatic heterocycles. The van der Waals surface area contributed by atoms with Gasteiger partial charge in [-0.15, -0.1) is 0 Å². The molecule has 0 bridgehead atoms. The van der Waals surface area contributed by atoms with Crippen molar-refractivity contribution in [1.82, 2.24) is 9.80 Å². The highest BCUT2D eigenvalue weighted by molar-refractivity contribution is 5.96. The van der Waals surface area contributed by atoms with Gasteiger partial charge in [-0.25, -0.2) is 4.39 Å². The molecule has 144 valence electrons. The van der Waals surface area contributed by atoms with Gasteiger partial charge in [0, 0.05) is 31.2 Å². The molecule has 4 aliphatic rings. The Kier molecular flexibility index (Phi) is 3.81. The maximum absolute atomic E-state index is 13.7. The molecule has 0 radical (unpaired) electrons. The van der Waals surface area contributed by atoms with Crippen molar-refractivity contribution in [2.45, 2.75) is 12.0 Å². The molecule has 2 unspecified atom stereocenters. The lowest BCUT2D eigenvalue weighted by atomic mass is 9.92. The molecule has 0 N–H and O–H groups in total. The predicted octanol–water partition coefficient (Wildman–Crippen LogP) is 0.968. The van der Waals surface area contributed by atoms with Crippen molar-refractivity contribution in [2.75, 3.05) is 51.3 Å². The quantitative estimate of drug-likeness (QED) is 0.775. The van der Waals surface area contributed by atoms with Gasteiger partial charge in [0.15, 0.2) is 0 Å². The first-order chi connectivity index (χ1) is 13.0. The van der Waals surface area contributed by atoms with Crippen molar-refractivity contribution in [3.05, 3.63) is 30.1 Å². The first kappa shape index (κ1) is 17.1. The van der Waals surface area contributed by atoms with Gasteiger partial charge in [-0.05, 0) is 43.5 Å². The summed E-state index contributed by atoms with van der Waals surface area (Å²) in [4.78, 5) is 31.3.